The lowest BCUT2D eigenvalue weighted by Gasteiger charge is -2.13. The normalized spacial score (nSPS) is 11.0. The van der Waals surface area contributed by atoms with Crippen LogP contribution in [0, 0.1) is 0 Å². The van der Waals surface area contributed by atoms with Gasteiger partial charge in [0, 0.05) is 28.6 Å². The fourth-order valence-corrected chi connectivity index (χ4v) is 4.32. The van der Waals surface area contributed by atoms with Crippen LogP contribution in [-0.2, 0) is 6.42 Å². The van der Waals surface area contributed by atoms with Crippen LogP contribution in [0.2, 0.25) is 0 Å². The number of carbonyl (C=O) groups excluding carboxylic acids is 3. The van der Waals surface area contributed by atoms with E-state index in [1.54, 1.807) is 92.8 Å². The first-order valence-corrected chi connectivity index (χ1v) is 12.4. The zero-order valence-corrected chi connectivity index (χ0v) is 21.2. The first kappa shape index (κ1) is 25.7. The number of hydrogen-bond acceptors (Lipinski definition) is 5. The van der Waals surface area contributed by atoms with Gasteiger partial charge >= 0.3 is 5.69 Å². The predicted molar refractivity (Wildman–Crippen MR) is 141 cm³/mol. The highest BCUT2D eigenvalue weighted by atomic mass is 16.2. The van der Waals surface area contributed by atoms with Gasteiger partial charge in [0.05, 0.1) is 5.69 Å². The van der Waals surface area contributed by atoms with Crippen LogP contribution < -0.4 is 5.69 Å². The molecule has 2 aromatic carbocycles. The second-order valence-corrected chi connectivity index (χ2v) is 9.15. The number of rotatable bonds is 8. The Hall–Kier alpha value is -4.39. The fraction of sp³-hybridized carbons (Fsp3) is 0.233. The summed E-state index contributed by atoms with van der Waals surface area (Å²) < 4.78 is 1.81. The van der Waals surface area contributed by atoms with Gasteiger partial charge in [-0.1, -0.05) is 63.6 Å². The molecular weight excluding hydrogens is 466 g/mol. The predicted octanol–water partition coefficient (Wildman–Crippen LogP) is 5.12. The molecule has 0 amide bonds. The summed E-state index contributed by atoms with van der Waals surface area (Å²) in [5.74, 6) is -2.19. The van der Waals surface area contributed by atoms with Crippen molar-refractivity contribution in [3.63, 3.8) is 0 Å². The molecule has 2 heterocycles. The zero-order valence-electron chi connectivity index (χ0n) is 21.2. The van der Waals surface area contributed by atoms with Gasteiger partial charge in [-0.25, -0.2) is 13.9 Å². The Morgan fingerprint density at radius 1 is 0.811 bits per heavy atom. The number of aryl methyl sites for hydroxylation is 1. The molecule has 0 unspecified atom stereocenters. The Labute approximate surface area is 215 Å². The molecule has 0 aliphatic heterocycles. The van der Waals surface area contributed by atoms with Crippen LogP contribution in [0.3, 0.4) is 0 Å². The summed E-state index contributed by atoms with van der Waals surface area (Å²) in [4.78, 5) is 59.4. The number of unbranched alkanes of at least 4 members (excludes halogenated alkanes) is 1. The van der Waals surface area contributed by atoms with Gasteiger partial charge in [0.15, 0.2) is 0 Å². The van der Waals surface area contributed by atoms with E-state index in [2.05, 4.69) is 11.9 Å². The van der Waals surface area contributed by atoms with Crippen molar-refractivity contribution in [1.29, 1.82) is 0 Å². The molecule has 0 fully saturated rings. The van der Waals surface area contributed by atoms with E-state index in [1.165, 1.54) is 0 Å². The quantitative estimate of drug-likeness (QED) is 0.317. The molecule has 188 valence electrons. The average Bonchev–Trinajstić information content (AvgIpc) is 3.24. The summed E-state index contributed by atoms with van der Waals surface area (Å²) in [5, 5.41) is 0. The first-order chi connectivity index (χ1) is 17.8. The molecule has 0 atom stereocenters. The van der Waals surface area contributed by atoms with Crippen LogP contribution in [0.25, 0.3) is 0 Å². The van der Waals surface area contributed by atoms with Gasteiger partial charge in [-0.15, -0.1) is 0 Å². The van der Waals surface area contributed by atoms with E-state index < -0.39 is 29.2 Å². The average molecular weight is 496 g/mol. The van der Waals surface area contributed by atoms with Crippen LogP contribution in [-0.4, -0.2) is 31.7 Å². The minimum Gasteiger partial charge on any atom is -0.287 e. The third-order valence-corrected chi connectivity index (χ3v) is 6.16. The van der Waals surface area contributed by atoms with Crippen LogP contribution in [0.1, 0.15) is 87.7 Å². The number of nitrogens with zero attached hydrogens (tertiary/aromatic N) is 3. The molecule has 0 radical (unpaired) electrons. The summed E-state index contributed by atoms with van der Waals surface area (Å²) in [7, 11) is 0. The summed E-state index contributed by atoms with van der Waals surface area (Å²) in [5.41, 5.74) is 0.793. The molecule has 7 heteroatoms. The molecule has 37 heavy (non-hydrogen) atoms. The van der Waals surface area contributed by atoms with E-state index in [9.17, 15) is 19.2 Å². The minimum atomic E-state index is -0.866. The Kier molecular flexibility index (Phi) is 7.72. The molecular formula is C30H29N3O4. The van der Waals surface area contributed by atoms with E-state index in [0.29, 0.717) is 12.0 Å². The van der Waals surface area contributed by atoms with Crippen molar-refractivity contribution in [1.82, 2.24) is 14.1 Å². The van der Waals surface area contributed by atoms with Crippen molar-refractivity contribution >= 4 is 17.6 Å². The maximum atomic E-state index is 14.0. The Morgan fingerprint density at radius 2 is 1.38 bits per heavy atom. The van der Waals surface area contributed by atoms with Crippen LogP contribution >= 0.6 is 0 Å². The molecule has 0 N–H and O–H groups in total. The van der Waals surface area contributed by atoms with Crippen LogP contribution in [0.15, 0.2) is 83.8 Å². The third-order valence-electron chi connectivity index (χ3n) is 6.16. The molecule has 2 aromatic heterocycles. The third kappa shape index (κ3) is 5.11. The molecule has 4 aromatic rings. The second-order valence-electron chi connectivity index (χ2n) is 9.15. The summed E-state index contributed by atoms with van der Waals surface area (Å²) in [6, 6.07) is 19.9. The van der Waals surface area contributed by atoms with Gasteiger partial charge in [-0.05, 0) is 55.2 Å². The van der Waals surface area contributed by atoms with Crippen molar-refractivity contribution < 1.29 is 14.4 Å². The Bertz CT molecular complexity index is 1500. The molecule has 0 saturated carbocycles. The van der Waals surface area contributed by atoms with Crippen LogP contribution in [0.4, 0.5) is 0 Å². The molecule has 0 spiro atoms. The van der Waals surface area contributed by atoms with Gasteiger partial charge in [-0.2, -0.15) is 0 Å². The number of imidazole rings is 1. The highest BCUT2D eigenvalue weighted by Crippen LogP contribution is 2.24. The lowest BCUT2D eigenvalue weighted by molar-refractivity contribution is 0.0925. The Morgan fingerprint density at radius 3 is 1.92 bits per heavy atom. The maximum absolute atomic E-state index is 14.0. The summed E-state index contributed by atoms with van der Waals surface area (Å²) in [6.45, 7) is 5.65. The first-order valence-electron chi connectivity index (χ1n) is 12.4. The minimum absolute atomic E-state index is 0.106. The molecule has 0 aliphatic rings. The van der Waals surface area contributed by atoms with E-state index in [0.717, 1.165) is 27.7 Å². The smallest absolute Gasteiger partial charge is 0.287 e. The number of benzene rings is 2. The van der Waals surface area contributed by atoms with Crippen molar-refractivity contribution in [3.8, 4) is 0 Å². The number of ketones is 1. The number of pyridine rings is 1. The van der Waals surface area contributed by atoms with Gasteiger partial charge in [0.25, 0.3) is 11.8 Å². The SMILES string of the molecule is CCCCc1cc(C(=O)c2c(C(C)C)n(C(=O)c3ccccc3)c(=O)n2C(=O)c2ccccc2)ccn1. The van der Waals surface area contributed by atoms with Crippen molar-refractivity contribution in [3.05, 3.63) is 123 Å². The van der Waals surface area contributed by atoms with Crippen molar-refractivity contribution in [2.75, 3.05) is 0 Å². The standard InChI is InChI=1S/C30H29N3O4/c1-4-5-16-24-19-23(17-18-31-24)27(34)26-25(20(2)3)32(28(35)21-12-8-6-9-13-21)30(37)33(26)29(36)22-14-10-7-11-15-22/h6-15,17-20H,4-5,16H2,1-3H3. The lowest BCUT2D eigenvalue weighted by atomic mass is 10.00. The summed E-state index contributed by atoms with van der Waals surface area (Å²) >= 11 is 0. The summed E-state index contributed by atoms with van der Waals surface area (Å²) in [6.07, 6.45) is 4.16. The van der Waals surface area contributed by atoms with Crippen LogP contribution in [0.5, 0.6) is 0 Å². The molecule has 0 saturated heterocycles. The van der Waals surface area contributed by atoms with Gasteiger partial charge in [0.1, 0.15) is 5.69 Å². The van der Waals surface area contributed by atoms with E-state index in [4.69, 9.17) is 0 Å². The molecule has 7 nitrogen and oxygen atoms in total. The maximum Gasteiger partial charge on any atom is 0.343 e. The van der Waals surface area contributed by atoms with E-state index in [1.807, 2.05) is 0 Å². The number of aromatic nitrogens is 3. The number of carbonyl (C=O) groups is 3. The van der Waals surface area contributed by atoms with E-state index >= 15 is 0 Å². The highest BCUT2D eigenvalue weighted by molar-refractivity contribution is 6.13. The van der Waals surface area contributed by atoms with Gasteiger partial charge < -0.3 is 0 Å². The van der Waals surface area contributed by atoms with Crippen molar-refractivity contribution in [2.24, 2.45) is 0 Å². The molecule has 0 aliphatic carbocycles. The van der Waals surface area contributed by atoms with Gasteiger partial charge in [-0.3, -0.25) is 19.4 Å². The van der Waals surface area contributed by atoms with Crippen molar-refractivity contribution in [2.45, 2.75) is 46.0 Å². The molecule has 0 bridgehead atoms. The number of hydrogen-bond donors (Lipinski definition) is 0. The zero-order chi connectivity index (χ0) is 26.5. The lowest BCUT2D eigenvalue weighted by Crippen LogP contribution is -2.34. The molecule has 4 rings (SSSR count). The topological polar surface area (TPSA) is 91.0 Å². The van der Waals surface area contributed by atoms with E-state index in [-0.39, 0.29) is 22.5 Å². The van der Waals surface area contributed by atoms with Gasteiger partial charge in [0.2, 0.25) is 5.78 Å². The Balaban J connectivity index is 1.98. The highest BCUT2D eigenvalue weighted by Gasteiger charge is 2.33. The fourth-order valence-electron chi connectivity index (χ4n) is 4.32. The monoisotopic (exact) mass is 495 g/mol. The second kappa shape index (κ2) is 11.1. The largest absolute Gasteiger partial charge is 0.343 e.